The van der Waals surface area contributed by atoms with Crippen molar-refractivity contribution in [3.05, 3.63) is 59.1 Å². The number of aliphatic hydroxyl groups excluding tert-OH is 2. The highest BCUT2D eigenvalue weighted by molar-refractivity contribution is 6.32. The number of halogens is 1. The van der Waals surface area contributed by atoms with Crippen LogP contribution in [0.1, 0.15) is 26.0 Å². The fourth-order valence-electron chi connectivity index (χ4n) is 3.56. The van der Waals surface area contributed by atoms with Crippen LogP contribution in [0.15, 0.2) is 48.4 Å². The lowest BCUT2D eigenvalue weighted by molar-refractivity contribution is -0.135. The second-order valence-electron chi connectivity index (χ2n) is 8.26. The first-order valence-corrected chi connectivity index (χ1v) is 10.9. The maximum absolute atomic E-state index is 13.2. The van der Waals surface area contributed by atoms with E-state index in [4.69, 9.17) is 21.4 Å². The van der Waals surface area contributed by atoms with Crippen LogP contribution in [0.25, 0.3) is 0 Å². The summed E-state index contributed by atoms with van der Waals surface area (Å²) >= 11 is 6.15. The van der Waals surface area contributed by atoms with Crippen LogP contribution in [0.4, 0.5) is 0 Å². The van der Waals surface area contributed by atoms with E-state index in [-0.39, 0.29) is 43.7 Å². The topological polar surface area (TPSA) is 105 Å². The summed E-state index contributed by atoms with van der Waals surface area (Å²) in [5, 5.41) is 23.3. The molecule has 2 aromatic rings. The first-order valence-electron chi connectivity index (χ1n) is 10.5. The third kappa shape index (κ3) is 6.18. The number of aromatic nitrogens is 2. The van der Waals surface area contributed by atoms with Crippen LogP contribution < -0.4 is 4.74 Å². The fourth-order valence-corrected chi connectivity index (χ4v) is 3.73. The predicted molar refractivity (Wildman–Crippen MR) is 119 cm³/mol. The Morgan fingerprint density at radius 2 is 2.03 bits per heavy atom. The average molecular weight is 462 g/mol. The van der Waals surface area contributed by atoms with Gasteiger partial charge in [-0.25, -0.2) is 0 Å². The normalized spacial score (nSPS) is 15.8. The van der Waals surface area contributed by atoms with Crippen LogP contribution >= 0.6 is 11.6 Å². The number of ketones is 1. The molecule has 0 saturated carbocycles. The number of amides is 1. The van der Waals surface area contributed by atoms with Crippen molar-refractivity contribution in [3.63, 3.8) is 0 Å². The van der Waals surface area contributed by atoms with Crippen LogP contribution in [0, 0.1) is 5.92 Å². The van der Waals surface area contributed by atoms with E-state index in [1.165, 1.54) is 15.7 Å². The largest absolute Gasteiger partial charge is 0.458 e. The van der Waals surface area contributed by atoms with E-state index in [0.29, 0.717) is 28.6 Å². The zero-order valence-electron chi connectivity index (χ0n) is 18.1. The average Bonchev–Trinajstić information content (AvgIpc) is 3.33. The van der Waals surface area contributed by atoms with Gasteiger partial charge in [0.25, 0.3) is 5.91 Å². The minimum Gasteiger partial charge on any atom is -0.458 e. The van der Waals surface area contributed by atoms with Gasteiger partial charge in [-0.3, -0.25) is 14.3 Å². The Kier molecular flexibility index (Phi) is 8.06. The number of carbonyl (C=O) groups excluding carboxylic acids is 2. The van der Waals surface area contributed by atoms with Gasteiger partial charge < -0.3 is 19.8 Å². The van der Waals surface area contributed by atoms with Crippen LogP contribution in [0.2, 0.25) is 5.02 Å². The molecule has 1 aromatic carbocycles. The molecule has 0 spiro atoms. The number of para-hydroxylation sites is 1. The molecule has 0 bridgehead atoms. The summed E-state index contributed by atoms with van der Waals surface area (Å²) in [7, 11) is 0. The zero-order chi connectivity index (χ0) is 23.3. The first-order chi connectivity index (χ1) is 15.3. The van der Waals surface area contributed by atoms with Crippen LogP contribution in [-0.4, -0.2) is 61.9 Å². The highest BCUT2D eigenvalue weighted by atomic mass is 35.5. The van der Waals surface area contributed by atoms with Crippen molar-refractivity contribution in [2.45, 2.75) is 45.4 Å². The molecule has 0 aliphatic carbocycles. The van der Waals surface area contributed by atoms with Crippen molar-refractivity contribution < 1.29 is 24.5 Å². The maximum atomic E-state index is 13.2. The second-order valence-corrected chi connectivity index (χ2v) is 8.67. The van der Waals surface area contributed by atoms with Gasteiger partial charge >= 0.3 is 0 Å². The molecular weight excluding hydrogens is 434 g/mol. The van der Waals surface area contributed by atoms with Crippen molar-refractivity contribution in [1.29, 1.82) is 0 Å². The van der Waals surface area contributed by atoms with Crippen LogP contribution in [-0.2, 0) is 22.6 Å². The number of aliphatic hydroxyl groups is 2. The number of nitrogens with zero attached hydrogens (tertiary/aromatic N) is 3. The van der Waals surface area contributed by atoms with Gasteiger partial charge in [0.1, 0.15) is 11.5 Å². The van der Waals surface area contributed by atoms with Crippen molar-refractivity contribution in [2.75, 3.05) is 13.2 Å². The minimum atomic E-state index is -0.919. The van der Waals surface area contributed by atoms with E-state index in [2.05, 4.69) is 5.10 Å². The molecule has 2 heterocycles. The Bertz CT molecular complexity index is 988. The lowest BCUT2D eigenvalue weighted by atomic mass is 9.96. The predicted octanol–water partition coefficient (Wildman–Crippen LogP) is 2.22. The smallest absolute Gasteiger partial charge is 0.251 e. The lowest BCUT2D eigenvalue weighted by Crippen LogP contribution is -2.44. The molecule has 0 saturated heterocycles. The van der Waals surface area contributed by atoms with Gasteiger partial charge in [0.05, 0.1) is 49.0 Å². The maximum Gasteiger partial charge on any atom is 0.251 e. The summed E-state index contributed by atoms with van der Waals surface area (Å²) in [5.74, 6) is 0.696. The van der Waals surface area contributed by atoms with Crippen molar-refractivity contribution >= 4 is 23.3 Å². The highest BCUT2D eigenvalue weighted by Crippen LogP contribution is 2.28. The summed E-state index contributed by atoms with van der Waals surface area (Å²) in [6.45, 7) is 3.95. The molecule has 172 valence electrons. The lowest BCUT2D eigenvalue weighted by Gasteiger charge is -2.28. The Morgan fingerprint density at radius 3 is 2.72 bits per heavy atom. The van der Waals surface area contributed by atoms with Crippen LogP contribution in [0.3, 0.4) is 0 Å². The molecule has 1 aliphatic heterocycles. The van der Waals surface area contributed by atoms with Crippen molar-refractivity contribution in [1.82, 2.24) is 14.7 Å². The first kappa shape index (κ1) is 24.0. The summed E-state index contributed by atoms with van der Waals surface area (Å²) in [6, 6.07) is 8.09. The van der Waals surface area contributed by atoms with Gasteiger partial charge in [-0.15, -0.1) is 0 Å². The van der Waals surface area contributed by atoms with Gasteiger partial charge in [0, 0.05) is 12.3 Å². The standard InChI is InChI=1S/C23H28ClN3O5/c1-15(2)9-20(21(30)10-16-7-8-26(25-16)12-17(29)14-28)27-13-18(11-23(27)31)32-22-6-4-3-5-19(22)24/h3-8,11,15,17,20,28-29H,9-10,12-14H2,1-2H3/t17-,20-/m0/s1. The summed E-state index contributed by atoms with van der Waals surface area (Å²) < 4.78 is 7.29. The second kappa shape index (κ2) is 10.8. The summed E-state index contributed by atoms with van der Waals surface area (Å²) in [5.41, 5.74) is 0.543. The summed E-state index contributed by atoms with van der Waals surface area (Å²) in [4.78, 5) is 27.4. The zero-order valence-corrected chi connectivity index (χ0v) is 18.9. The minimum absolute atomic E-state index is 0.0596. The Morgan fingerprint density at radius 1 is 1.28 bits per heavy atom. The number of carbonyl (C=O) groups is 2. The van der Waals surface area contributed by atoms with E-state index in [1.807, 2.05) is 13.8 Å². The number of hydrogen-bond donors (Lipinski definition) is 2. The van der Waals surface area contributed by atoms with E-state index in [1.54, 1.807) is 36.5 Å². The molecule has 0 unspecified atom stereocenters. The van der Waals surface area contributed by atoms with Gasteiger partial charge in [0.15, 0.2) is 5.78 Å². The molecule has 32 heavy (non-hydrogen) atoms. The van der Waals surface area contributed by atoms with Crippen molar-refractivity contribution in [3.8, 4) is 5.75 Å². The Balaban J connectivity index is 1.69. The third-order valence-electron chi connectivity index (χ3n) is 5.07. The molecule has 0 radical (unpaired) electrons. The Hall–Kier alpha value is -2.68. The Labute approximate surface area is 192 Å². The molecular formula is C23H28ClN3O5. The fraction of sp³-hybridized carbons (Fsp3) is 0.435. The molecule has 9 heteroatoms. The highest BCUT2D eigenvalue weighted by Gasteiger charge is 2.34. The molecule has 8 nitrogen and oxygen atoms in total. The third-order valence-corrected chi connectivity index (χ3v) is 5.39. The monoisotopic (exact) mass is 461 g/mol. The molecule has 1 aromatic heterocycles. The van der Waals surface area contributed by atoms with E-state index in [9.17, 15) is 14.7 Å². The SMILES string of the molecule is CC(C)C[C@@H](C(=O)Cc1ccn(C[C@H](O)CO)n1)N1CC(Oc2ccccc2Cl)=CC1=O. The summed E-state index contributed by atoms with van der Waals surface area (Å²) in [6.07, 6.45) is 2.70. The van der Waals surface area contributed by atoms with Gasteiger partial charge in [-0.05, 0) is 30.5 Å². The van der Waals surface area contributed by atoms with Gasteiger partial charge in [-0.2, -0.15) is 5.10 Å². The van der Waals surface area contributed by atoms with E-state index < -0.39 is 12.1 Å². The quantitative estimate of drug-likeness (QED) is 0.531. The molecule has 0 fully saturated rings. The molecule has 2 N–H and O–H groups in total. The van der Waals surface area contributed by atoms with Gasteiger partial charge in [0.2, 0.25) is 0 Å². The van der Waals surface area contributed by atoms with Crippen molar-refractivity contribution in [2.24, 2.45) is 5.92 Å². The number of hydrogen-bond acceptors (Lipinski definition) is 6. The van der Waals surface area contributed by atoms with Crippen LogP contribution in [0.5, 0.6) is 5.75 Å². The number of Topliss-reactive ketones (excluding diaryl/α,β-unsaturated/α-hetero) is 1. The molecule has 1 aliphatic rings. The van der Waals surface area contributed by atoms with Gasteiger partial charge in [-0.1, -0.05) is 37.6 Å². The molecule has 2 atom stereocenters. The van der Waals surface area contributed by atoms with E-state index >= 15 is 0 Å². The molecule has 1 amide bonds. The number of ether oxygens (including phenoxy) is 1. The number of rotatable bonds is 11. The molecule has 3 rings (SSSR count). The number of benzene rings is 1. The van der Waals surface area contributed by atoms with E-state index in [0.717, 1.165) is 0 Å².